The van der Waals surface area contributed by atoms with E-state index in [0.29, 0.717) is 18.4 Å². The summed E-state index contributed by atoms with van der Waals surface area (Å²) >= 11 is 0. The summed E-state index contributed by atoms with van der Waals surface area (Å²) in [5.74, 6) is -0.0296. The number of rotatable bonds is 5. The first-order valence-electron chi connectivity index (χ1n) is 9.88. The summed E-state index contributed by atoms with van der Waals surface area (Å²) in [4.78, 5) is 28.2. The van der Waals surface area contributed by atoms with Gasteiger partial charge < -0.3 is 15.1 Å². The molecule has 0 spiro atoms. The molecule has 2 saturated heterocycles. The number of hydrogen-bond acceptors (Lipinski definition) is 3. The lowest BCUT2D eigenvalue weighted by Gasteiger charge is -2.35. The number of nitrogens with one attached hydrogen (secondary N) is 1. The molecule has 1 aromatic carbocycles. The Morgan fingerprint density at radius 3 is 2.46 bits per heavy atom. The molecular formula is C21H29N3O2. The topological polar surface area (TPSA) is 52.7 Å². The first-order chi connectivity index (χ1) is 12.6. The average Bonchev–Trinajstić information content (AvgIpc) is 3.36. The fourth-order valence-electron chi connectivity index (χ4n) is 4.50. The van der Waals surface area contributed by atoms with E-state index in [1.807, 2.05) is 0 Å². The summed E-state index contributed by atoms with van der Waals surface area (Å²) in [5.41, 5.74) is 1.84. The van der Waals surface area contributed by atoms with Crippen LogP contribution >= 0.6 is 0 Å². The van der Waals surface area contributed by atoms with Crippen LogP contribution in [0.15, 0.2) is 30.3 Å². The fraction of sp³-hybridized carbons (Fsp3) is 0.619. The highest BCUT2D eigenvalue weighted by Gasteiger charge is 2.45. The third-order valence-corrected chi connectivity index (χ3v) is 6.41. The number of hydrogen-bond donors (Lipinski definition) is 1. The summed E-state index contributed by atoms with van der Waals surface area (Å²) in [6.45, 7) is 3.79. The summed E-state index contributed by atoms with van der Waals surface area (Å²) in [6, 6.07) is 11.2. The molecule has 1 aliphatic carbocycles. The van der Waals surface area contributed by atoms with Gasteiger partial charge in [0, 0.05) is 51.1 Å². The Hall–Kier alpha value is -1.88. The van der Waals surface area contributed by atoms with Crippen LogP contribution in [0.3, 0.4) is 0 Å². The quantitative estimate of drug-likeness (QED) is 0.876. The molecule has 2 amide bonds. The lowest BCUT2D eigenvalue weighted by molar-refractivity contribution is -0.128. The molecule has 3 fully saturated rings. The van der Waals surface area contributed by atoms with E-state index in [-0.39, 0.29) is 23.8 Å². The van der Waals surface area contributed by atoms with Crippen LogP contribution in [0.25, 0.3) is 0 Å². The zero-order valence-electron chi connectivity index (χ0n) is 15.6. The largest absolute Gasteiger partial charge is 0.353 e. The smallest absolute Gasteiger partial charge is 0.225 e. The number of nitrogens with zero attached hydrogens (tertiary/aromatic N) is 2. The lowest BCUT2D eigenvalue weighted by Crippen LogP contribution is -2.48. The Morgan fingerprint density at radius 1 is 1.19 bits per heavy atom. The van der Waals surface area contributed by atoms with Gasteiger partial charge in [0.25, 0.3) is 0 Å². The van der Waals surface area contributed by atoms with Crippen molar-refractivity contribution in [1.82, 2.24) is 15.1 Å². The summed E-state index contributed by atoms with van der Waals surface area (Å²) in [7, 11) is 1.77. The molecule has 0 radical (unpaired) electrons. The van der Waals surface area contributed by atoms with Crippen molar-refractivity contribution < 1.29 is 9.59 Å². The molecule has 0 bridgehead atoms. The standard InChI is InChI=1S/C21H29N3O2/c1-23-14-16(13-19(23)25)20(26)22-18-7-11-24(12-8-18)15-21(9-10-21)17-5-3-2-4-6-17/h2-6,16,18H,7-15H2,1H3,(H,22,26). The van der Waals surface area contributed by atoms with E-state index in [1.54, 1.807) is 11.9 Å². The predicted molar refractivity (Wildman–Crippen MR) is 101 cm³/mol. The van der Waals surface area contributed by atoms with Gasteiger partial charge in [0.1, 0.15) is 0 Å². The molecule has 5 nitrogen and oxygen atoms in total. The van der Waals surface area contributed by atoms with Crippen molar-refractivity contribution in [3.63, 3.8) is 0 Å². The monoisotopic (exact) mass is 355 g/mol. The molecule has 1 unspecified atom stereocenters. The second kappa shape index (κ2) is 7.03. The van der Waals surface area contributed by atoms with Crippen molar-refractivity contribution in [2.24, 2.45) is 5.92 Å². The molecule has 1 atom stereocenters. The molecule has 26 heavy (non-hydrogen) atoms. The average molecular weight is 355 g/mol. The normalized spacial score (nSPS) is 26.1. The first-order valence-corrected chi connectivity index (χ1v) is 9.88. The van der Waals surface area contributed by atoms with Gasteiger partial charge in [-0.2, -0.15) is 0 Å². The molecule has 1 saturated carbocycles. The maximum absolute atomic E-state index is 12.4. The van der Waals surface area contributed by atoms with Gasteiger partial charge in [-0.1, -0.05) is 30.3 Å². The van der Waals surface area contributed by atoms with Gasteiger partial charge in [-0.3, -0.25) is 9.59 Å². The highest BCUT2D eigenvalue weighted by Crippen LogP contribution is 2.48. The highest BCUT2D eigenvalue weighted by atomic mass is 16.2. The van der Waals surface area contributed by atoms with E-state index in [2.05, 4.69) is 40.5 Å². The van der Waals surface area contributed by atoms with E-state index in [1.165, 1.54) is 18.4 Å². The summed E-state index contributed by atoms with van der Waals surface area (Å²) < 4.78 is 0. The Kier molecular flexibility index (Phi) is 4.74. The SMILES string of the molecule is CN1CC(C(=O)NC2CCN(CC3(c4ccccc4)CC3)CC2)CC1=O. The van der Waals surface area contributed by atoms with Gasteiger partial charge in [-0.25, -0.2) is 0 Å². The first kappa shape index (κ1) is 17.5. The van der Waals surface area contributed by atoms with Gasteiger partial charge in [-0.15, -0.1) is 0 Å². The number of amides is 2. The van der Waals surface area contributed by atoms with E-state index in [4.69, 9.17) is 0 Å². The Morgan fingerprint density at radius 2 is 1.88 bits per heavy atom. The van der Waals surface area contributed by atoms with Crippen LogP contribution in [0.1, 0.15) is 37.7 Å². The van der Waals surface area contributed by atoms with Crippen molar-refractivity contribution in [2.75, 3.05) is 33.2 Å². The van der Waals surface area contributed by atoms with Crippen molar-refractivity contribution in [3.05, 3.63) is 35.9 Å². The van der Waals surface area contributed by atoms with E-state index in [9.17, 15) is 9.59 Å². The number of piperidine rings is 1. The van der Waals surface area contributed by atoms with Crippen LogP contribution in [0.4, 0.5) is 0 Å². The Bertz CT molecular complexity index is 663. The van der Waals surface area contributed by atoms with Crippen LogP contribution in [0, 0.1) is 5.92 Å². The number of carbonyl (C=O) groups is 2. The second-order valence-electron chi connectivity index (χ2n) is 8.38. The molecular weight excluding hydrogens is 326 g/mol. The maximum Gasteiger partial charge on any atom is 0.225 e. The lowest BCUT2D eigenvalue weighted by atomic mass is 9.94. The molecule has 4 rings (SSSR count). The number of carbonyl (C=O) groups excluding carboxylic acids is 2. The van der Waals surface area contributed by atoms with Gasteiger partial charge in [0.15, 0.2) is 0 Å². The van der Waals surface area contributed by atoms with Gasteiger partial charge >= 0.3 is 0 Å². The zero-order valence-corrected chi connectivity index (χ0v) is 15.6. The van der Waals surface area contributed by atoms with Gasteiger partial charge in [-0.05, 0) is 31.2 Å². The molecule has 2 heterocycles. The third kappa shape index (κ3) is 3.63. The van der Waals surface area contributed by atoms with Gasteiger partial charge in [0.05, 0.1) is 5.92 Å². The molecule has 2 aliphatic heterocycles. The molecule has 5 heteroatoms. The third-order valence-electron chi connectivity index (χ3n) is 6.41. The minimum Gasteiger partial charge on any atom is -0.353 e. The van der Waals surface area contributed by atoms with Crippen molar-refractivity contribution >= 4 is 11.8 Å². The van der Waals surface area contributed by atoms with Crippen molar-refractivity contribution in [3.8, 4) is 0 Å². The zero-order chi connectivity index (χ0) is 18.1. The number of benzene rings is 1. The molecule has 3 aliphatic rings. The second-order valence-corrected chi connectivity index (χ2v) is 8.38. The predicted octanol–water partition coefficient (Wildman–Crippen LogP) is 1.78. The minimum atomic E-state index is -0.168. The highest BCUT2D eigenvalue weighted by molar-refractivity contribution is 5.89. The van der Waals surface area contributed by atoms with E-state index in [0.717, 1.165) is 32.5 Å². The Labute approximate surface area is 155 Å². The minimum absolute atomic E-state index is 0.0594. The molecule has 1 N–H and O–H groups in total. The molecule has 0 aromatic heterocycles. The van der Waals surface area contributed by atoms with Crippen molar-refractivity contribution in [2.45, 2.75) is 43.6 Å². The Balaban J connectivity index is 1.25. The summed E-state index contributed by atoms with van der Waals surface area (Å²) in [5, 5.41) is 3.19. The molecule has 140 valence electrons. The van der Waals surface area contributed by atoms with Crippen LogP contribution in [-0.4, -0.2) is 60.9 Å². The molecule has 1 aromatic rings. The fourth-order valence-corrected chi connectivity index (χ4v) is 4.50. The van der Waals surface area contributed by atoms with E-state index >= 15 is 0 Å². The van der Waals surface area contributed by atoms with Crippen LogP contribution in [0.2, 0.25) is 0 Å². The van der Waals surface area contributed by atoms with Crippen LogP contribution < -0.4 is 5.32 Å². The van der Waals surface area contributed by atoms with Crippen LogP contribution in [0.5, 0.6) is 0 Å². The maximum atomic E-state index is 12.4. The van der Waals surface area contributed by atoms with Crippen molar-refractivity contribution in [1.29, 1.82) is 0 Å². The van der Waals surface area contributed by atoms with E-state index < -0.39 is 0 Å². The summed E-state index contributed by atoms with van der Waals surface area (Å²) in [6.07, 6.45) is 4.95. The number of likely N-dealkylation sites (tertiary alicyclic amines) is 2. The van der Waals surface area contributed by atoms with Crippen LogP contribution in [-0.2, 0) is 15.0 Å². The van der Waals surface area contributed by atoms with Gasteiger partial charge in [0.2, 0.25) is 11.8 Å².